The lowest BCUT2D eigenvalue weighted by Gasteiger charge is -2.26. The third-order valence-corrected chi connectivity index (χ3v) is 3.62. The summed E-state index contributed by atoms with van der Waals surface area (Å²) in [5.74, 6) is 0. The summed E-state index contributed by atoms with van der Waals surface area (Å²) >= 11 is 0. The minimum atomic E-state index is -0.0532. The fourth-order valence-corrected chi connectivity index (χ4v) is 2.49. The highest BCUT2D eigenvalue weighted by atomic mass is 16.1. The average molecular weight is 317 g/mol. The van der Waals surface area contributed by atoms with Crippen LogP contribution >= 0.6 is 0 Å². The van der Waals surface area contributed by atoms with Gasteiger partial charge in [0.2, 0.25) is 5.56 Å². The molecule has 1 aliphatic rings. The molecule has 1 aromatic heterocycles. The first-order valence-corrected chi connectivity index (χ1v) is 7.79. The van der Waals surface area contributed by atoms with E-state index in [-0.39, 0.29) is 11.7 Å². The van der Waals surface area contributed by atoms with Gasteiger partial charge in [0.15, 0.2) is 0 Å². The van der Waals surface area contributed by atoms with Crippen molar-refractivity contribution in [1.82, 2.24) is 10.3 Å². The van der Waals surface area contributed by atoms with Crippen LogP contribution in [0.25, 0.3) is 0 Å². The Morgan fingerprint density at radius 3 is 2.04 bits per heavy atom. The van der Waals surface area contributed by atoms with Crippen molar-refractivity contribution in [3.63, 3.8) is 0 Å². The second-order valence-corrected chi connectivity index (χ2v) is 5.27. The van der Waals surface area contributed by atoms with E-state index in [4.69, 9.17) is 0 Å². The topological polar surface area (TPSA) is 48.1 Å². The van der Waals surface area contributed by atoms with E-state index in [0.29, 0.717) is 0 Å². The van der Waals surface area contributed by atoms with Gasteiger partial charge in [0.25, 0.3) is 0 Å². The molecule has 0 bridgehead atoms. The highest BCUT2D eigenvalue weighted by molar-refractivity contribution is 5.53. The van der Waals surface area contributed by atoms with Crippen LogP contribution in [0.2, 0.25) is 0 Å². The maximum absolute atomic E-state index is 10.2. The predicted molar refractivity (Wildman–Crippen MR) is 97.4 cm³/mol. The molecular formula is C20H19N3O. The number of hydrogen-bond donors (Lipinski definition) is 2. The molecule has 0 aliphatic carbocycles. The lowest BCUT2D eigenvalue weighted by atomic mass is 10.1. The molecule has 3 aromatic rings. The lowest BCUT2D eigenvalue weighted by molar-refractivity contribution is 0.668. The Hall–Kier alpha value is -3.27. The Morgan fingerprint density at radius 2 is 1.46 bits per heavy atom. The van der Waals surface area contributed by atoms with Crippen molar-refractivity contribution in [2.24, 2.45) is 0 Å². The summed E-state index contributed by atoms with van der Waals surface area (Å²) in [6.07, 6.45) is 5.86. The SMILES string of the molecule is C1=CN(c2ccccc2)C(c2ccccc2)N1.O=c1cccc[nH]1. The van der Waals surface area contributed by atoms with Crippen molar-refractivity contribution >= 4 is 5.69 Å². The highest BCUT2D eigenvalue weighted by Gasteiger charge is 2.21. The highest BCUT2D eigenvalue weighted by Crippen LogP contribution is 2.28. The van der Waals surface area contributed by atoms with Gasteiger partial charge >= 0.3 is 0 Å². The number of nitrogens with zero attached hydrogens (tertiary/aromatic N) is 1. The van der Waals surface area contributed by atoms with E-state index in [9.17, 15) is 4.79 Å². The van der Waals surface area contributed by atoms with Gasteiger partial charge in [-0.3, -0.25) is 4.79 Å². The van der Waals surface area contributed by atoms with Gasteiger partial charge in [0.1, 0.15) is 6.17 Å². The van der Waals surface area contributed by atoms with Crippen molar-refractivity contribution in [1.29, 1.82) is 0 Å². The van der Waals surface area contributed by atoms with E-state index in [1.165, 1.54) is 17.3 Å². The van der Waals surface area contributed by atoms with Crippen LogP contribution in [0.4, 0.5) is 5.69 Å². The van der Waals surface area contributed by atoms with Crippen molar-refractivity contribution in [3.8, 4) is 0 Å². The van der Waals surface area contributed by atoms with Crippen LogP contribution in [0.1, 0.15) is 11.7 Å². The molecule has 4 nitrogen and oxygen atoms in total. The fraction of sp³-hybridized carbons (Fsp3) is 0.0500. The Labute approximate surface area is 141 Å². The van der Waals surface area contributed by atoms with Gasteiger partial charge in [0, 0.05) is 30.4 Å². The van der Waals surface area contributed by atoms with Crippen LogP contribution in [-0.2, 0) is 0 Å². The van der Waals surface area contributed by atoms with Crippen LogP contribution in [-0.4, -0.2) is 4.98 Å². The minimum Gasteiger partial charge on any atom is -0.366 e. The summed E-state index contributed by atoms with van der Waals surface area (Å²) in [6.45, 7) is 0. The van der Waals surface area contributed by atoms with Gasteiger partial charge in [-0.05, 0) is 23.8 Å². The Kier molecular flexibility index (Phi) is 5.10. The molecule has 0 spiro atoms. The maximum atomic E-state index is 10.2. The number of benzene rings is 2. The molecule has 2 N–H and O–H groups in total. The largest absolute Gasteiger partial charge is 0.366 e. The minimum absolute atomic E-state index is 0.0532. The average Bonchev–Trinajstić information content (AvgIpc) is 3.14. The molecule has 0 saturated heterocycles. The molecule has 2 heterocycles. The summed E-state index contributed by atoms with van der Waals surface area (Å²) in [4.78, 5) is 14.9. The van der Waals surface area contributed by atoms with Crippen molar-refractivity contribution in [3.05, 3.63) is 113 Å². The molecule has 0 radical (unpaired) electrons. The molecular weight excluding hydrogens is 298 g/mol. The predicted octanol–water partition coefficient (Wildman–Crippen LogP) is 3.64. The Balaban J connectivity index is 0.000000203. The molecule has 0 saturated carbocycles. The monoisotopic (exact) mass is 317 g/mol. The number of rotatable bonds is 2. The zero-order valence-corrected chi connectivity index (χ0v) is 13.2. The number of para-hydroxylation sites is 1. The van der Waals surface area contributed by atoms with Gasteiger partial charge in [-0.2, -0.15) is 0 Å². The van der Waals surface area contributed by atoms with Gasteiger partial charge in [-0.15, -0.1) is 0 Å². The van der Waals surface area contributed by atoms with E-state index >= 15 is 0 Å². The van der Waals surface area contributed by atoms with Crippen molar-refractivity contribution < 1.29 is 0 Å². The van der Waals surface area contributed by atoms with E-state index < -0.39 is 0 Å². The normalized spacial score (nSPS) is 15.3. The smallest absolute Gasteiger partial charge is 0.247 e. The van der Waals surface area contributed by atoms with E-state index in [1.54, 1.807) is 18.3 Å². The zero-order valence-electron chi connectivity index (χ0n) is 13.2. The molecule has 4 rings (SSSR count). The first kappa shape index (κ1) is 15.6. The Bertz CT molecular complexity index is 811. The number of hydrogen-bond acceptors (Lipinski definition) is 3. The van der Waals surface area contributed by atoms with Gasteiger partial charge < -0.3 is 15.2 Å². The third-order valence-electron chi connectivity index (χ3n) is 3.62. The molecule has 0 fully saturated rings. The summed E-state index contributed by atoms with van der Waals surface area (Å²) in [5.41, 5.74) is 2.41. The van der Waals surface area contributed by atoms with Crippen molar-refractivity contribution in [2.45, 2.75) is 6.17 Å². The number of aromatic nitrogens is 1. The quantitative estimate of drug-likeness (QED) is 0.758. The number of aromatic amines is 1. The molecule has 1 atom stereocenters. The van der Waals surface area contributed by atoms with Gasteiger partial charge in [-0.25, -0.2) is 0 Å². The number of nitrogens with one attached hydrogen (secondary N) is 2. The molecule has 1 unspecified atom stereocenters. The molecule has 4 heteroatoms. The summed E-state index contributed by atoms with van der Waals surface area (Å²) in [7, 11) is 0. The zero-order chi connectivity index (χ0) is 16.6. The molecule has 1 aliphatic heterocycles. The first-order chi connectivity index (χ1) is 11.8. The van der Waals surface area contributed by atoms with Crippen LogP contribution in [0.5, 0.6) is 0 Å². The Morgan fingerprint density at radius 1 is 0.792 bits per heavy atom. The molecule has 0 amide bonds. The van der Waals surface area contributed by atoms with Crippen LogP contribution in [0, 0.1) is 0 Å². The number of pyridine rings is 1. The van der Waals surface area contributed by atoms with E-state index in [1.807, 2.05) is 18.3 Å². The second-order valence-electron chi connectivity index (χ2n) is 5.27. The van der Waals surface area contributed by atoms with Crippen LogP contribution in [0.3, 0.4) is 0 Å². The van der Waals surface area contributed by atoms with E-state index in [2.05, 4.69) is 69.9 Å². The summed E-state index contributed by atoms with van der Waals surface area (Å²) in [6, 6.07) is 25.8. The maximum Gasteiger partial charge on any atom is 0.247 e. The van der Waals surface area contributed by atoms with Crippen LogP contribution < -0.4 is 15.8 Å². The first-order valence-electron chi connectivity index (χ1n) is 7.79. The summed E-state index contributed by atoms with van der Waals surface area (Å²) in [5, 5.41) is 3.37. The van der Waals surface area contributed by atoms with E-state index in [0.717, 1.165) is 0 Å². The number of H-pyrrole nitrogens is 1. The fourth-order valence-electron chi connectivity index (χ4n) is 2.49. The standard InChI is InChI=1S/C15H14N2.C5H5NO/c1-3-7-13(8-4-1)15-16-11-12-17(15)14-9-5-2-6-10-14;7-5-3-1-2-4-6-5/h1-12,15-16H;1-4H,(H,6,7). The molecule has 24 heavy (non-hydrogen) atoms. The second kappa shape index (κ2) is 7.83. The molecule has 120 valence electrons. The third kappa shape index (κ3) is 3.93. The lowest BCUT2D eigenvalue weighted by Crippen LogP contribution is -2.26. The summed E-state index contributed by atoms with van der Waals surface area (Å²) < 4.78 is 0. The molecule has 2 aromatic carbocycles. The van der Waals surface area contributed by atoms with Crippen molar-refractivity contribution in [2.75, 3.05) is 4.90 Å². The van der Waals surface area contributed by atoms with Gasteiger partial charge in [-0.1, -0.05) is 54.6 Å². The van der Waals surface area contributed by atoms with Crippen LogP contribution in [0.15, 0.2) is 102 Å². The number of anilines is 1. The van der Waals surface area contributed by atoms with Gasteiger partial charge in [0.05, 0.1) is 0 Å².